The van der Waals surface area contributed by atoms with E-state index in [1.807, 2.05) is 22.7 Å². The van der Waals surface area contributed by atoms with Crippen LogP contribution in [0.2, 0.25) is 0 Å². The van der Waals surface area contributed by atoms with E-state index in [0.29, 0.717) is 0 Å². The molecule has 0 spiro atoms. The van der Waals surface area contributed by atoms with Crippen LogP contribution in [0.25, 0.3) is 31.0 Å². The average molecular weight is 459 g/mol. The quantitative estimate of drug-likeness (QED) is 0.173. The largest absolute Gasteiger partial charge is 0.140 e. The lowest BCUT2D eigenvalue weighted by molar-refractivity contribution is 0.565. The zero-order valence-corrected chi connectivity index (χ0v) is 20.9. The lowest BCUT2D eigenvalue weighted by Crippen LogP contribution is -1.84. The summed E-state index contributed by atoms with van der Waals surface area (Å²) in [4.78, 5) is 4.47. The van der Waals surface area contributed by atoms with E-state index >= 15 is 0 Å². The molecule has 1 aliphatic rings. The Morgan fingerprint density at radius 1 is 0.750 bits per heavy atom. The number of hydrogen-bond acceptors (Lipinski definition) is 2. The second kappa shape index (κ2) is 10.4. The fourth-order valence-electron chi connectivity index (χ4n) is 5.07. The van der Waals surface area contributed by atoms with Crippen LogP contribution in [0, 0.1) is 0 Å². The van der Waals surface area contributed by atoms with Gasteiger partial charge >= 0.3 is 0 Å². The molecule has 2 aromatic carbocycles. The number of rotatable bonds is 11. The molecule has 0 saturated heterocycles. The third-order valence-corrected chi connectivity index (χ3v) is 9.33. The van der Waals surface area contributed by atoms with Crippen LogP contribution >= 0.6 is 22.7 Å². The highest BCUT2D eigenvalue weighted by molar-refractivity contribution is 7.22. The van der Waals surface area contributed by atoms with Crippen LogP contribution in [-0.2, 0) is 12.8 Å². The molecule has 0 N–H and O–H groups in total. The molecule has 0 amide bonds. The smallest absolute Gasteiger partial charge is 0.0393 e. The SMILES string of the molecule is CCCCCCCCCCCc1ccc(-c2ccc3c(c2)Cc2c-3sc3ccccc23)s1. The van der Waals surface area contributed by atoms with Gasteiger partial charge in [0.15, 0.2) is 0 Å². The molecule has 1 aliphatic carbocycles. The minimum Gasteiger partial charge on any atom is -0.140 e. The van der Waals surface area contributed by atoms with Crippen LogP contribution in [0.4, 0.5) is 0 Å². The molecule has 0 radical (unpaired) electrons. The summed E-state index contributed by atoms with van der Waals surface area (Å²) in [5.74, 6) is 0. The van der Waals surface area contributed by atoms with Gasteiger partial charge in [-0.2, -0.15) is 0 Å². The van der Waals surface area contributed by atoms with E-state index in [2.05, 4.69) is 61.5 Å². The standard InChI is InChI=1S/C30H34S2/c1-2-3-4-5-6-7-8-9-10-13-24-17-19-28(31-24)22-16-18-25-23(20-22)21-27-26-14-11-12-15-29(26)32-30(25)27/h11-12,14-20H,2-10,13,21H2,1H3. The van der Waals surface area contributed by atoms with Gasteiger partial charge in [-0.1, -0.05) is 88.6 Å². The summed E-state index contributed by atoms with van der Waals surface area (Å²) >= 11 is 3.96. The first-order valence-corrected chi connectivity index (χ1v) is 14.2. The Kier molecular flexibility index (Phi) is 7.10. The van der Waals surface area contributed by atoms with Gasteiger partial charge in [-0.3, -0.25) is 0 Å². The molecule has 0 nitrogen and oxygen atoms in total. The second-order valence-corrected chi connectivity index (χ2v) is 11.5. The molecule has 4 aromatic rings. The van der Waals surface area contributed by atoms with Gasteiger partial charge in [-0.25, -0.2) is 0 Å². The van der Waals surface area contributed by atoms with E-state index in [1.54, 1.807) is 4.88 Å². The molecule has 5 rings (SSSR count). The molecule has 0 atom stereocenters. The van der Waals surface area contributed by atoms with Crippen molar-refractivity contribution >= 4 is 32.8 Å². The minimum absolute atomic E-state index is 1.08. The van der Waals surface area contributed by atoms with Gasteiger partial charge in [0.25, 0.3) is 0 Å². The average Bonchev–Trinajstić information content (AvgIpc) is 3.51. The molecular formula is C30H34S2. The van der Waals surface area contributed by atoms with Crippen molar-refractivity contribution in [2.45, 2.75) is 77.6 Å². The molecule has 166 valence electrons. The van der Waals surface area contributed by atoms with Gasteiger partial charge in [-0.15, -0.1) is 22.7 Å². The Morgan fingerprint density at radius 3 is 2.38 bits per heavy atom. The van der Waals surface area contributed by atoms with Gasteiger partial charge in [0.2, 0.25) is 0 Å². The van der Waals surface area contributed by atoms with Crippen LogP contribution < -0.4 is 0 Å². The molecule has 2 heteroatoms. The first-order valence-electron chi connectivity index (χ1n) is 12.6. The maximum atomic E-state index is 2.45. The number of aryl methyl sites for hydroxylation is 1. The number of hydrogen-bond donors (Lipinski definition) is 0. The Morgan fingerprint density at radius 2 is 1.53 bits per heavy atom. The van der Waals surface area contributed by atoms with Gasteiger partial charge < -0.3 is 0 Å². The highest BCUT2D eigenvalue weighted by Crippen LogP contribution is 2.47. The number of fused-ring (bicyclic) bond motifs is 5. The highest BCUT2D eigenvalue weighted by Gasteiger charge is 2.23. The van der Waals surface area contributed by atoms with E-state index < -0.39 is 0 Å². The lowest BCUT2D eigenvalue weighted by atomic mass is 10.0. The normalized spacial score (nSPS) is 12.4. The Hall–Kier alpha value is -1.90. The molecular weight excluding hydrogens is 424 g/mol. The number of unbranched alkanes of at least 4 members (excludes halogenated alkanes) is 8. The van der Waals surface area contributed by atoms with E-state index in [4.69, 9.17) is 0 Å². The summed E-state index contributed by atoms with van der Waals surface area (Å²) in [6, 6.07) is 20.7. The molecule has 0 saturated carbocycles. The van der Waals surface area contributed by atoms with Crippen molar-refractivity contribution in [3.8, 4) is 20.9 Å². The second-order valence-electron chi connectivity index (χ2n) is 9.30. The third kappa shape index (κ3) is 4.72. The monoisotopic (exact) mass is 458 g/mol. The van der Waals surface area contributed by atoms with Gasteiger partial charge in [0.05, 0.1) is 0 Å². The summed E-state index contributed by atoms with van der Waals surface area (Å²) in [7, 11) is 0. The summed E-state index contributed by atoms with van der Waals surface area (Å²) < 4.78 is 1.42. The Bertz CT molecular complexity index is 1180. The highest BCUT2D eigenvalue weighted by atomic mass is 32.1. The molecule has 0 fully saturated rings. The van der Waals surface area contributed by atoms with E-state index in [1.165, 1.54) is 106 Å². The summed E-state index contributed by atoms with van der Waals surface area (Å²) in [6.07, 6.45) is 15.0. The van der Waals surface area contributed by atoms with Gasteiger partial charge in [-0.05, 0) is 64.7 Å². The first kappa shape index (κ1) is 21.9. The lowest BCUT2D eigenvalue weighted by Gasteiger charge is -2.04. The summed E-state index contributed by atoms with van der Waals surface area (Å²) in [6.45, 7) is 2.29. The van der Waals surface area contributed by atoms with Crippen LogP contribution in [-0.4, -0.2) is 0 Å². The minimum atomic E-state index is 1.08. The number of benzene rings is 2. The third-order valence-electron chi connectivity index (χ3n) is 6.89. The van der Waals surface area contributed by atoms with Gasteiger partial charge in [0.1, 0.15) is 0 Å². The first-order chi connectivity index (χ1) is 15.8. The molecule has 0 unspecified atom stereocenters. The molecule has 32 heavy (non-hydrogen) atoms. The van der Waals surface area contributed by atoms with E-state index in [-0.39, 0.29) is 0 Å². The predicted octanol–water partition coefficient (Wildman–Crippen LogP) is 10.3. The van der Waals surface area contributed by atoms with Crippen molar-refractivity contribution in [3.63, 3.8) is 0 Å². The van der Waals surface area contributed by atoms with Crippen LogP contribution in [0.5, 0.6) is 0 Å². The van der Waals surface area contributed by atoms with Crippen molar-refractivity contribution in [1.29, 1.82) is 0 Å². The van der Waals surface area contributed by atoms with Crippen LogP contribution in [0.3, 0.4) is 0 Å². The summed E-state index contributed by atoms with van der Waals surface area (Å²) in [5, 5.41) is 1.45. The van der Waals surface area contributed by atoms with Crippen molar-refractivity contribution in [2.75, 3.05) is 0 Å². The topological polar surface area (TPSA) is 0 Å². The Labute approximate surface area is 201 Å². The van der Waals surface area contributed by atoms with Crippen molar-refractivity contribution in [2.24, 2.45) is 0 Å². The maximum absolute atomic E-state index is 2.45. The Balaban J connectivity index is 1.16. The van der Waals surface area contributed by atoms with Crippen LogP contribution in [0.15, 0.2) is 54.6 Å². The molecule has 2 heterocycles. The molecule has 0 aliphatic heterocycles. The van der Waals surface area contributed by atoms with E-state index in [9.17, 15) is 0 Å². The van der Waals surface area contributed by atoms with Gasteiger partial charge in [0, 0.05) is 25.8 Å². The summed E-state index contributed by atoms with van der Waals surface area (Å²) in [5.41, 5.74) is 5.89. The zero-order valence-electron chi connectivity index (χ0n) is 19.3. The fraction of sp³-hybridized carbons (Fsp3) is 0.400. The molecule has 2 aromatic heterocycles. The zero-order chi connectivity index (χ0) is 21.8. The van der Waals surface area contributed by atoms with E-state index in [0.717, 1.165) is 6.42 Å². The predicted molar refractivity (Wildman–Crippen MR) is 144 cm³/mol. The van der Waals surface area contributed by atoms with Crippen molar-refractivity contribution in [3.05, 3.63) is 70.6 Å². The fourth-order valence-corrected chi connectivity index (χ4v) is 7.40. The molecule has 0 bridgehead atoms. The number of thiophene rings is 2. The van der Waals surface area contributed by atoms with Crippen LogP contribution in [0.1, 0.15) is 80.7 Å². The van der Waals surface area contributed by atoms with Crippen molar-refractivity contribution in [1.82, 2.24) is 0 Å². The van der Waals surface area contributed by atoms with Crippen molar-refractivity contribution < 1.29 is 0 Å². The maximum Gasteiger partial charge on any atom is 0.0393 e.